The van der Waals surface area contributed by atoms with Gasteiger partial charge < -0.3 is 73.6 Å². The summed E-state index contributed by atoms with van der Waals surface area (Å²) in [6.07, 6.45) is 6.70. The third-order valence-electron chi connectivity index (χ3n) is 20.4. The van der Waals surface area contributed by atoms with Crippen LogP contribution in [0.5, 0.6) is 0 Å². The Labute approximate surface area is 592 Å². The summed E-state index contributed by atoms with van der Waals surface area (Å²) >= 11 is 0. The molecule has 14 amide bonds. The van der Waals surface area contributed by atoms with E-state index in [0.29, 0.717) is 50.9 Å². The first-order chi connectivity index (χ1) is 46.0. The zero-order valence-electron chi connectivity index (χ0n) is 63.7. The summed E-state index contributed by atoms with van der Waals surface area (Å²) in [6, 6.07) is -1.79. The molecule has 4 rings (SSSR count). The maximum atomic E-state index is 14.4. The van der Waals surface area contributed by atoms with Gasteiger partial charge in [0.15, 0.2) is 0 Å². The van der Waals surface area contributed by atoms with Crippen LogP contribution in [0.15, 0.2) is 0 Å². The van der Waals surface area contributed by atoms with Crippen molar-refractivity contribution in [1.29, 1.82) is 0 Å². The topological polar surface area (TPSA) is 396 Å². The molecule has 0 saturated carbocycles. The van der Waals surface area contributed by atoms with Crippen molar-refractivity contribution < 1.29 is 67.1 Å². The van der Waals surface area contributed by atoms with E-state index in [1.165, 1.54) is 107 Å². The van der Waals surface area contributed by atoms with Crippen molar-refractivity contribution >= 4 is 82.7 Å². The van der Waals surface area contributed by atoms with Crippen molar-refractivity contribution in [3.05, 3.63) is 0 Å². The second-order valence-electron chi connectivity index (χ2n) is 31.7. The number of hydrogen-bond acceptors (Lipinski definition) is 16. The van der Waals surface area contributed by atoms with Crippen LogP contribution < -0.4 is 63.8 Å². The minimum atomic E-state index is -1.72. The Balaban J connectivity index is 1.27. The largest absolute Gasteiger partial charge is 0.354 e. The van der Waals surface area contributed by atoms with Gasteiger partial charge in [-0.3, -0.25) is 76.9 Å². The number of rotatable bonds is 34. The van der Waals surface area contributed by atoms with Crippen LogP contribution in [0.3, 0.4) is 0 Å². The lowest BCUT2D eigenvalue weighted by molar-refractivity contribution is -0.147. The van der Waals surface area contributed by atoms with Gasteiger partial charge in [0, 0.05) is 58.7 Å². The molecule has 0 aromatic heterocycles. The fourth-order valence-corrected chi connectivity index (χ4v) is 12.7. The summed E-state index contributed by atoms with van der Waals surface area (Å²) in [5, 5.41) is 32.8. The Bertz CT molecular complexity index is 3060. The van der Waals surface area contributed by atoms with Crippen LogP contribution in [-0.2, 0) is 67.1 Å². The molecule has 566 valence electrons. The number of hydrogen-bond donors (Lipinski definition) is 12. The van der Waals surface area contributed by atoms with Gasteiger partial charge in [0.05, 0.1) is 12.7 Å². The quantitative estimate of drug-likeness (QED) is 0.0426. The molecule has 0 aromatic carbocycles. The second-order valence-corrected chi connectivity index (χ2v) is 31.7. The van der Waals surface area contributed by atoms with Gasteiger partial charge in [0.2, 0.25) is 82.7 Å². The summed E-state index contributed by atoms with van der Waals surface area (Å²) in [5.41, 5.74) is -14.3. The van der Waals surface area contributed by atoms with Gasteiger partial charge >= 0.3 is 0 Å². The number of fused-ring (bicyclic) bond motifs is 1. The molecular formula is C70H122N16O14. The molecule has 8 unspecified atom stereocenters. The van der Waals surface area contributed by atoms with Crippen LogP contribution >= 0.6 is 0 Å². The molecule has 100 heavy (non-hydrogen) atoms. The van der Waals surface area contributed by atoms with Gasteiger partial charge in [-0.2, -0.15) is 0 Å². The predicted octanol–water partition coefficient (Wildman–Crippen LogP) is 0.883. The Morgan fingerprint density at radius 1 is 0.410 bits per heavy atom. The zero-order valence-corrected chi connectivity index (χ0v) is 63.7. The Morgan fingerprint density at radius 2 is 0.810 bits per heavy atom. The minimum Gasteiger partial charge on any atom is -0.354 e. The molecule has 0 spiro atoms. The van der Waals surface area contributed by atoms with Crippen molar-refractivity contribution in [1.82, 2.24) is 83.4 Å². The minimum absolute atomic E-state index is 0.00513. The standard InChI is InChI=1S/C70H122N16O14/c1-22-67(18,82-60(99)69(20,24-3)76-51(90)46-30-26-38-85(46)44(7)87)57(96)71-34-33-48(88)72-41-49(89)74-62(8,9)53(92)77-65(14,15)56(95)81-70(21,25-4)59(98)80-64(12,13)54(93)78-63(10,11)55(94)79-66(16,17)61(100)86-39-27-31-47(86)52(91)75-68(19,23-2)58(97)73-45(40-43(5)6)42-84-37-29-36-83-35-28-32-50(83)84/h43,45-47,50H,22-42H2,1-21H3,(H,71,96)(H,72,88)(H,73,97)(H,74,89)(H,75,91)(H,76,90)(H,77,92)(H,78,93)(H,79,94)(H,80,98)(H,81,95)(H,82,99). The Morgan fingerprint density at radius 3 is 1.31 bits per heavy atom. The Kier molecular flexibility index (Phi) is 28.9. The van der Waals surface area contributed by atoms with Crippen LogP contribution in [-0.4, -0.2) is 229 Å². The maximum absolute atomic E-state index is 14.4. The van der Waals surface area contributed by atoms with Crippen molar-refractivity contribution in [3.63, 3.8) is 0 Å². The second kappa shape index (κ2) is 34.0. The molecule has 4 fully saturated rings. The summed E-state index contributed by atoms with van der Waals surface area (Å²) in [6.45, 7) is 36.4. The summed E-state index contributed by atoms with van der Waals surface area (Å²) in [4.78, 5) is 199. The van der Waals surface area contributed by atoms with E-state index in [2.05, 4.69) is 87.4 Å². The lowest BCUT2D eigenvalue weighted by atomic mass is 9.91. The van der Waals surface area contributed by atoms with Crippen LogP contribution in [0.1, 0.15) is 229 Å². The molecule has 0 radical (unpaired) electrons. The number of nitrogens with zero attached hydrogens (tertiary/aromatic N) is 4. The molecule has 0 bridgehead atoms. The average molecular weight is 1410 g/mol. The van der Waals surface area contributed by atoms with E-state index >= 15 is 0 Å². The Hall–Kier alpha value is -7.50. The highest BCUT2D eigenvalue weighted by atomic mass is 16.2. The summed E-state index contributed by atoms with van der Waals surface area (Å²) < 4.78 is 0. The maximum Gasteiger partial charge on any atom is 0.248 e. The lowest BCUT2D eigenvalue weighted by Gasteiger charge is -2.42. The van der Waals surface area contributed by atoms with E-state index in [1.54, 1.807) is 27.7 Å². The lowest BCUT2D eigenvalue weighted by Crippen LogP contribution is -2.69. The molecule has 0 aliphatic carbocycles. The first-order valence-electron chi connectivity index (χ1n) is 35.9. The fourth-order valence-electron chi connectivity index (χ4n) is 12.7. The summed E-state index contributed by atoms with van der Waals surface area (Å²) in [5.74, 6) is -8.38. The van der Waals surface area contributed by atoms with Crippen molar-refractivity contribution in [3.8, 4) is 0 Å². The van der Waals surface area contributed by atoms with E-state index in [9.17, 15) is 67.1 Å². The predicted molar refractivity (Wildman–Crippen MR) is 376 cm³/mol. The van der Waals surface area contributed by atoms with Crippen LogP contribution in [0.2, 0.25) is 0 Å². The van der Waals surface area contributed by atoms with Gasteiger partial charge in [-0.25, -0.2) is 0 Å². The number of carbonyl (C=O) groups excluding carboxylic acids is 14. The van der Waals surface area contributed by atoms with E-state index in [-0.39, 0.29) is 63.0 Å². The third kappa shape index (κ3) is 21.8. The highest BCUT2D eigenvalue weighted by Crippen LogP contribution is 2.29. The van der Waals surface area contributed by atoms with Crippen molar-refractivity contribution in [2.45, 2.75) is 303 Å². The number of likely N-dealkylation sites (tertiary alicyclic amines) is 2. The molecule has 0 aromatic rings. The van der Waals surface area contributed by atoms with Crippen molar-refractivity contribution in [2.24, 2.45) is 5.92 Å². The zero-order chi connectivity index (χ0) is 76.1. The normalized spacial score (nSPS) is 20.4. The van der Waals surface area contributed by atoms with Crippen LogP contribution in [0, 0.1) is 5.92 Å². The van der Waals surface area contributed by atoms with Gasteiger partial charge in [0.1, 0.15) is 61.9 Å². The molecule has 12 N–H and O–H groups in total. The SMILES string of the molecule is CCC(C)(NC(=O)C1CCCN1C(C)=O)C(=O)NC(C)(CC)C(=O)NCCC(=O)NCC(=O)NC(C)(C)C(=O)NC(C)(C)C(=O)NC(C)(CC)C(=O)NC(C)(C)C(=O)NC(C)(C)C(=O)NC(C)(C)C(=O)N1CCCC1C(=O)NC(C)(CC)C(=O)NC(CC(C)C)CN1CCCN2CCCC21. The van der Waals surface area contributed by atoms with Crippen LogP contribution in [0.4, 0.5) is 0 Å². The van der Waals surface area contributed by atoms with E-state index in [0.717, 1.165) is 45.3 Å². The smallest absolute Gasteiger partial charge is 0.248 e. The summed E-state index contributed by atoms with van der Waals surface area (Å²) in [7, 11) is 0. The number of amides is 14. The number of carbonyl (C=O) groups is 14. The van der Waals surface area contributed by atoms with E-state index < -0.39 is 139 Å². The third-order valence-corrected chi connectivity index (χ3v) is 20.4. The molecule has 30 heteroatoms. The molecule has 4 saturated heterocycles. The van der Waals surface area contributed by atoms with Gasteiger partial charge in [0.25, 0.3) is 0 Å². The van der Waals surface area contributed by atoms with Gasteiger partial charge in [-0.15, -0.1) is 0 Å². The van der Waals surface area contributed by atoms with E-state index in [4.69, 9.17) is 0 Å². The first kappa shape index (κ1) is 84.9. The first-order valence-corrected chi connectivity index (χ1v) is 35.9. The van der Waals surface area contributed by atoms with Crippen molar-refractivity contribution in [2.75, 3.05) is 52.4 Å². The molecule has 4 heterocycles. The van der Waals surface area contributed by atoms with Crippen LogP contribution in [0.25, 0.3) is 0 Å². The molecule has 4 aliphatic rings. The van der Waals surface area contributed by atoms with E-state index in [1.807, 2.05) is 6.92 Å². The monoisotopic (exact) mass is 1410 g/mol. The highest BCUT2D eigenvalue weighted by molar-refractivity contribution is 6.03. The molecule has 30 nitrogen and oxygen atoms in total. The van der Waals surface area contributed by atoms with Gasteiger partial charge in [-0.1, -0.05) is 41.5 Å². The molecule has 8 atom stereocenters. The average Bonchev–Trinajstić information content (AvgIpc) is 1.26. The number of nitrogens with one attached hydrogen (secondary N) is 12. The molecule has 4 aliphatic heterocycles. The fraction of sp³-hybridized carbons (Fsp3) is 0.800. The van der Waals surface area contributed by atoms with Gasteiger partial charge in [-0.05, 0) is 186 Å². The highest BCUT2D eigenvalue weighted by Gasteiger charge is 2.49. The molecular weight excluding hydrogens is 1290 g/mol.